The largest absolute Gasteiger partial charge is 0.326 e. The van der Waals surface area contributed by atoms with Crippen LogP contribution in [-0.4, -0.2) is 9.97 Å². The number of aromatic nitrogens is 2. The van der Waals surface area contributed by atoms with Crippen LogP contribution in [-0.2, 0) is 6.54 Å². The minimum Gasteiger partial charge on any atom is -0.326 e. The van der Waals surface area contributed by atoms with Crippen molar-refractivity contribution in [1.29, 1.82) is 0 Å². The second-order valence-corrected chi connectivity index (χ2v) is 5.36. The summed E-state index contributed by atoms with van der Waals surface area (Å²) < 4.78 is 1.06. The van der Waals surface area contributed by atoms with Crippen LogP contribution in [0.15, 0.2) is 15.9 Å². The maximum absolute atomic E-state index is 5.66. The van der Waals surface area contributed by atoms with Gasteiger partial charge in [0.1, 0.15) is 0 Å². The molecule has 0 aromatic carbocycles. The van der Waals surface area contributed by atoms with Gasteiger partial charge in [0.05, 0.1) is 4.88 Å². The molecule has 0 fully saturated rings. The Balaban J connectivity index is 2.52. The topological polar surface area (TPSA) is 51.8 Å². The van der Waals surface area contributed by atoms with Crippen LogP contribution in [0.1, 0.15) is 17.0 Å². The van der Waals surface area contributed by atoms with Crippen LogP contribution in [0.3, 0.4) is 0 Å². The van der Waals surface area contributed by atoms with Crippen LogP contribution in [0.5, 0.6) is 0 Å². The van der Waals surface area contributed by atoms with Crippen molar-refractivity contribution in [1.82, 2.24) is 9.97 Å². The number of hydrogen-bond donors (Lipinski definition) is 1. The van der Waals surface area contributed by atoms with Crippen molar-refractivity contribution in [3.63, 3.8) is 0 Å². The predicted octanol–water partition coefficient (Wildman–Crippen LogP) is 3.04. The number of hydrogen-bond acceptors (Lipinski definition) is 4. The van der Waals surface area contributed by atoms with E-state index in [0.29, 0.717) is 6.54 Å². The zero-order valence-electron chi connectivity index (χ0n) is 9.12. The molecule has 2 rings (SSSR count). The molecule has 2 aromatic heterocycles. The molecule has 0 bridgehead atoms. The number of nitrogens with two attached hydrogens (primary N) is 1. The molecule has 16 heavy (non-hydrogen) atoms. The molecular weight excluding hydrogens is 286 g/mol. The van der Waals surface area contributed by atoms with Gasteiger partial charge in [-0.15, -0.1) is 11.3 Å². The number of thiophene rings is 1. The van der Waals surface area contributed by atoms with Crippen LogP contribution in [0.25, 0.3) is 10.7 Å². The van der Waals surface area contributed by atoms with Crippen LogP contribution in [0.4, 0.5) is 0 Å². The molecule has 3 nitrogen and oxygen atoms in total. The molecule has 0 atom stereocenters. The lowest BCUT2D eigenvalue weighted by Gasteiger charge is -2.07. The molecule has 0 spiro atoms. The van der Waals surface area contributed by atoms with Crippen molar-refractivity contribution in [3.8, 4) is 10.7 Å². The van der Waals surface area contributed by atoms with Crippen LogP contribution >= 0.6 is 27.3 Å². The van der Waals surface area contributed by atoms with Crippen LogP contribution < -0.4 is 5.73 Å². The van der Waals surface area contributed by atoms with E-state index in [-0.39, 0.29) is 0 Å². The van der Waals surface area contributed by atoms with Crippen molar-refractivity contribution in [2.75, 3.05) is 0 Å². The Morgan fingerprint density at radius 2 is 1.94 bits per heavy atom. The van der Waals surface area contributed by atoms with E-state index in [1.165, 1.54) is 0 Å². The summed E-state index contributed by atoms with van der Waals surface area (Å²) in [5.41, 5.74) is 8.63. The zero-order chi connectivity index (χ0) is 11.7. The second-order valence-electron chi connectivity index (χ2n) is 3.53. The van der Waals surface area contributed by atoms with E-state index in [1.54, 1.807) is 11.3 Å². The van der Waals surface area contributed by atoms with Crippen molar-refractivity contribution in [3.05, 3.63) is 32.9 Å². The second kappa shape index (κ2) is 4.61. The van der Waals surface area contributed by atoms with E-state index in [4.69, 9.17) is 5.73 Å². The van der Waals surface area contributed by atoms with Gasteiger partial charge in [0.2, 0.25) is 0 Å². The van der Waals surface area contributed by atoms with Crippen molar-refractivity contribution < 1.29 is 0 Å². The molecule has 84 valence electrons. The number of nitrogens with zero attached hydrogens (tertiary/aromatic N) is 2. The van der Waals surface area contributed by atoms with E-state index in [1.807, 2.05) is 25.3 Å². The highest BCUT2D eigenvalue weighted by molar-refractivity contribution is 9.10. The van der Waals surface area contributed by atoms with Gasteiger partial charge in [0.25, 0.3) is 0 Å². The van der Waals surface area contributed by atoms with Gasteiger partial charge in [-0.1, -0.05) is 0 Å². The molecule has 0 unspecified atom stereocenters. The number of rotatable bonds is 2. The molecule has 2 aromatic rings. The van der Waals surface area contributed by atoms with Gasteiger partial charge in [-0.3, -0.25) is 0 Å². The van der Waals surface area contributed by atoms with E-state index in [9.17, 15) is 0 Å². The number of aryl methyl sites for hydroxylation is 2. The standard InChI is InChI=1S/C11H12BrN3S/c1-6-9(4-13)7(2)15-11(14-6)10-3-8(12)5-16-10/h3,5H,4,13H2,1-2H3. The fourth-order valence-electron chi connectivity index (χ4n) is 1.58. The Morgan fingerprint density at radius 3 is 2.38 bits per heavy atom. The van der Waals surface area contributed by atoms with Gasteiger partial charge < -0.3 is 5.73 Å². The van der Waals surface area contributed by atoms with Crippen LogP contribution in [0.2, 0.25) is 0 Å². The zero-order valence-corrected chi connectivity index (χ0v) is 11.5. The lowest BCUT2D eigenvalue weighted by atomic mass is 10.1. The summed E-state index contributed by atoms with van der Waals surface area (Å²) in [5.74, 6) is 0.780. The first-order valence-corrected chi connectivity index (χ1v) is 6.57. The fourth-order valence-corrected chi connectivity index (χ4v) is 2.94. The average molecular weight is 298 g/mol. The minimum atomic E-state index is 0.492. The molecule has 2 N–H and O–H groups in total. The van der Waals surface area contributed by atoms with E-state index in [2.05, 4.69) is 25.9 Å². The predicted molar refractivity (Wildman–Crippen MR) is 70.4 cm³/mol. The third-order valence-corrected chi connectivity index (χ3v) is 4.10. The summed E-state index contributed by atoms with van der Waals surface area (Å²) in [4.78, 5) is 10.0. The molecule has 5 heteroatoms. The third-order valence-electron chi connectivity index (χ3n) is 2.41. The molecule has 0 aliphatic rings. The van der Waals surface area contributed by atoms with E-state index in [0.717, 1.165) is 32.1 Å². The average Bonchev–Trinajstić information content (AvgIpc) is 2.64. The van der Waals surface area contributed by atoms with Gasteiger partial charge in [-0.25, -0.2) is 9.97 Å². The van der Waals surface area contributed by atoms with Crippen molar-refractivity contribution >= 4 is 27.3 Å². The lowest BCUT2D eigenvalue weighted by Crippen LogP contribution is -2.06. The smallest absolute Gasteiger partial charge is 0.169 e. The quantitative estimate of drug-likeness (QED) is 0.927. The first kappa shape index (κ1) is 11.7. The molecule has 0 radical (unpaired) electrons. The summed E-state index contributed by atoms with van der Waals surface area (Å²) in [5, 5.41) is 2.03. The molecule has 0 aliphatic carbocycles. The van der Waals surface area contributed by atoms with E-state index < -0.39 is 0 Å². The normalized spacial score (nSPS) is 10.8. The number of halogens is 1. The van der Waals surface area contributed by atoms with Gasteiger partial charge in [0, 0.05) is 33.3 Å². The summed E-state index contributed by atoms with van der Waals surface area (Å²) in [6.07, 6.45) is 0. The molecule has 0 amide bonds. The Hall–Kier alpha value is -0.780. The molecule has 2 heterocycles. The highest BCUT2D eigenvalue weighted by Gasteiger charge is 2.10. The van der Waals surface area contributed by atoms with Crippen molar-refractivity contribution in [2.24, 2.45) is 5.73 Å². The first-order chi connectivity index (χ1) is 7.61. The lowest BCUT2D eigenvalue weighted by molar-refractivity contribution is 0.940. The highest BCUT2D eigenvalue weighted by atomic mass is 79.9. The van der Waals surface area contributed by atoms with Gasteiger partial charge in [-0.05, 0) is 35.8 Å². The SMILES string of the molecule is Cc1nc(-c2cc(Br)cs2)nc(C)c1CN. The van der Waals surface area contributed by atoms with E-state index >= 15 is 0 Å². The van der Waals surface area contributed by atoms with Crippen LogP contribution in [0, 0.1) is 13.8 Å². The Morgan fingerprint density at radius 1 is 1.31 bits per heavy atom. The summed E-state index contributed by atoms with van der Waals surface area (Å²) in [6, 6.07) is 2.03. The monoisotopic (exact) mass is 297 g/mol. The molecule has 0 aliphatic heterocycles. The maximum Gasteiger partial charge on any atom is 0.169 e. The summed E-state index contributed by atoms with van der Waals surface area (Å²) >= 11 is 5.06. The summed E-state index contributed by atoms with van der Waals surface area (Å²) in [6.45, 7) is 4.44. The maximum atomic E-state index is 5.66. The highest BCUT2D eigenvalue weighted by Crippen LogP contribution is 2.28. The Bertz CT molecular complexity index is 499. The third kappa shape index (κ3) is 2.16. The Kier molecular flexibility index (Phi) is 3.37. The fraction of sp³-hybridized carbons (Fsp3) is 0.273. The first-order valence-electron chi connectivity index (χ1n) is 4.90. The molecule has 0 saturated heterocycles. The molecular formula is C11H12BrN3S. The van der Waals surface area contributed by atoms with Gasteiger partial charge >= 0.3 is 0 Å². The van der Waals surface area contributed by atoms with Gasteiger partial charge in [-0.2, -0.15) is 0 Å². The summed E-state index contributed by atoms with van der Waals surface area (Å²) in [7, 11) is 0. The van der Waals surface area contributed by atoms with Gasteiger partial charge in [0.15, 0.2) is 5.82 Å². The Labute approximate surface area is 107 Å². The van der Waals surface area contributed by atoms with Crippen molar-refractivity contribution in [2.45, 2.75) is 20.4 Å². The molecule has 0 saturated carbocycles. The minimum absolute atomic E-state index is 0.492.